The van der Waals surface area contributed by atoms with Gasteiger partial charge in [0.15, 0.2) is 11.5 Å². The predicted molar refractivity (Wildman–Crippen MR) is 86.0 cm³/mol. The zero-order valence-electron chi connectivity index (χ0n) is 13.0. The van der Waals surface area contributed by atoms with Crippen LogP contribution in [-0.4, -0.2) is 25.9 Å². The van der Waals surface area contributed by atoms with E-state index in [1.54, 1.807) is 6.07 Å². The van der Waals surface area contributed by atoms with Gasteiger partial charge in [0.25, 0.3) is 0 Å². The summed E-state index contributed by atoms with van der Waals surface area (Å²) < 4.78 is 16.1. The number of hydrogen-bond donors (Lipinski definition) is 1. The summed E-state index contributed by atoms with van der Waals surface area (Å²) in [5.74, 6) is 2.10. The third-order valence-corrected chi connectivity index (χ3v) is 3.52. The number of benzene rings is 2. The van der Waals surface area contributed by atoms with Crippen molar-refractivity contribution in [3.05, 3.63) is 53.6 Å². The first-order chi connectivity index (χ1) is 11.2. The lowest BCUT2D eigenvalue weighted by Crippen LogP contribution is -2.29. The molecule has 1 heterocycles. The van der Waals surface area contributed by atoms with Crippen molar-refractivity contribution in [3.8, 4) is 17.2 Å². The van der Waals surface area contributed by atoms with E-state index >= 15 is 0 Å². The van der Waals surface area contributed by atoms with Crippen LogP contribution in [0.5, 0.6) is 17.2 Å². The van der Waals surface area contributed by atoms with Gasteiger partial charge in [-0.3, -0.25) is 4.79 Å². The van der Waals surface area contributed by atoms with Crippen LogP contribution in [0.4, 0.5) is 0 Å². The lowest BCUT2D eigenvalue weighted by molar-refractivity contribution is -0.120. The third kappa shape index (κ3) is 4.16. The highest BCUT2D eigenvalue weighted by atomic mass is 16.7. The Hall–Kier alpha value is -2.69. The van der Waals surface area contributed by atoms with Gasteiger partial charge >= 0.3 is 0 Å². The lowest BCUT2D eigenvalue weighted by atomic mass is 10.1. The Kier molecular flexibility index (Phi) is 4.66. The van der Waals surface area contributed by atoms with E-state index in [-0.39, 0.29) is 12.7 Å². The fourth-order valence-electron chi connectivity index (χ4n) is 2.28. The fraction of sp³-hybridized carbons (Fsp3) is 0.278. The Morgan fingerprint density at radius 1 is 1.13 bits per heavy atom. The van der Waals surface area contributed by atoms with Crippen LogP contribution in [0.25, 0.3) is 0 Å². The molecule has 23 heavy (non-hydrogen) atoms. The van der Waals surface area contributed by atoms with Crippen LogP contribution in [0.3, 0.4) is 0 Å². The van der Waals surface area contributed by atoms with Crippen LogP contribution in [0.15, 0.2) is 42.5 Å². The van der Waals surface area contributed by atoms with Crippen LogP contribution in [0.1, 0.15) is 11.1 Å². The second-order valence-corrected chi connectivity index (χ2v) is 5.38. The molecular formula is C18H19NO4. The minimum atomic E-state index is -0.0110. The molecule has 0 unspecified atom stereocenters. The van der Waals surface area contributed by atoms with Crippen LogP contribution in [0, 0.1) is 6.92 Å². The van der Waals surface area contributed by atoms with Crippen molar-refractivity contribution in [1.29, 1.82) is 0 Å². The van der Waals surface area contributed by atoms with Crippen LogP contribution < -0.4 is 19.5 Å². The molecule has 0 aliphatic carbocycles. The summed E-state index contributed by atoms with van der Waals surface area (Å²) in [6, 6.07) is 13.4. The van der Waals surface area contributed by atoms with E-state index in [9.17, 15) is 4.79 Å². The van der Waals surface area contributed by atoms with Gasteiger partial charge in [-0.25, -0.2) is 0 Å². The molecule has 120 valence electrons. The summed E-state index contributed by atoms with van der Waals surface area (Å²) >= 11 is 0. The van der Waals surface area contributed by atoms with Gasteiger partial charge in [0, 0.05) is 6.07 Å². The Morgan fingerprint density at radius 2 is 1.91 bits per heavy atom. The average molecular weight is 313 g/mol. The molecule has 0 radical (unpaired) electrons. The molecule has 1 N–H and O–H groups in total. The van der Waals surface area contributed by atoms with Crippen molar-refractivity contribution >= 4 is 5.91 Å². The molecule has 0 saturated heterocycles. The summed E-state index contributed by atoms with van der Waals surface area (Å²) in [6.07, 6.45) is 0.379. The largest absolute Gasteiger partial charge is 0.492 e. The Balaban J connectivity index is 1.39. The quantitative estimate of drug-likeness (QED) is 0.832. The zero-order valence-corrected chi connectivity index (χ0v) is 13.0. The molecule has 0 spiro atoms. The predicted octanol–water partition coefficient (Wildman–Crippen LogP) is 2.46. The second kappa shape index (κ2) is 7.05. The summed E-state index contributed by atoms with van der Waals surface area (Å²) in [6.45, 7) is 3.13. The Labute approximate surface area is 135 Å². The first kappa shape index (κ1) is 15.2. The minimum Gasteiger partial charge on any atom is -0.492 e. The van der Waals surface area contributed by atoms with E-state index < -0.39 is 0 Å². The van der Waals surface area contributed by atoms with Crippen LogP contribution >= 0.6 is 0 Å². The Bertz CT molecular complexity index is 682. The number of carbonyl (C=O) groups excluding carboxylic acids is 1. The molecule has 1 aliphatic heterocycles. The number of amides is 1. The molecule has 5 heteroatoms. The molecule has 1 aliphatic rings. The van der Waals surface area contributed by atoms with Gasteiger partial charge in [-0.15, -0.1) is 0 Å². The first-order valence-corrected chi connectivity index (χ1v) is 7.55. The van der Waals surface area contributed by atoms with Crippen molar-refractivity contribution < 1.29 is 19.0 Å². The number of aryl methyl sites for hydroxylation is 1. The number of carbonyl (C=O) groups is 1. The van der Waals surface area contributed by atoms with Gasteiger partial charge in [0.2, 0.25) is 12.7 Å². The highest BCUT2D eigenvalue weighted by Crippen LogP contribution is 2.34. The molecular weight excluding hydrogens is 294 g/mol. The number of nitrogens with one attached hydrogen (secondary N) is 1. The molecule has 0 atom stereocenters. The lowest BCUT2D eigenvalue weighted by Gasteiger charge is -2.08. The van der Waals surface area contributed by atoms with Gasteiger partial charge in [0.1, 0.15) is 12.4 Å². The molecule has 5 nitrogen and oxygen atoms in total. The van der Waals surface area contributed by atoms with Gasteiger partial charge in [-0.1, -0.05) is 29.8 Å². The highest BCUT2D eigenvalue weighted by molar-refractivity contribution is 5.78. The van der Waals surface area contributed by atoms with Gasteiger partial charge in [-0.2, -0.15) is 0 Å². The van der Waals surface area contributed by atoms with Gasteiger partial charge < -0.3 is 19.5 Å². The molecule has 0 fully saturated rings. The smallest absolute Gasteiger partial charge is 0.231 e. The molecule has 0 aromatic heterocycles. The van der Waals surface area contributed by atoms with Crippen LogP contribution in [0.2, 0.25) is 0 Å². The molecule has 0 saturated carbocycles. The number of fused-ring (bicyclic) bond motifs is 1. The fourth-order valence-corrected chi connectivity index (χ4v) is 2.28. The van der Waals surface area contributed by atoms with Crippen molar-refractivity contribution in [2.24, 2.45) is 0 Å². The zero-order chi connectivity index (χ0) is 16.1. The Morgan fingerprint density at radius 3 is 2.74 bits per heavy atom. The molecule has 2 aromatic rings. The standard InChI is InChI=1S/C18H19NO4/c1-13-2-4-14(5-3-13)10-18(20)19-8-9-21-15-6-7-16-17(11-15)23-12-22-16/h2-7,11H,8-10,12H2,1H3,(H,19,20). The minimum absolute atomic E-state index is 0.0110. The van der Waals surface area contributed by atoms with E-state index in [1.165, 1.54) is 5.56 Å². The first-order valence-electron chi connectivity index (χ1n) is 7.55. The second-order valence-electron chi connectivity index (χ2n) is 5.38. The average Bonchev–Trinajstić information content (AvgIpc) is 3.01. The normalized spacial score (nSPS) is 12.0. The number of rotatable bonds is 6. The third-order valence-electron chi connectivity index (χ3n) is 3.52. The topological polar surface area (TPSA) is 56.8 Å². The summed E-state index contributed by atoms with van der Waals surface area (Å²) in [4.78, 5) is 11.9. The summed E-state index contributed by atoms with van der Waals surface area (Å²) in [5, 5.41) is 2.85. The molecule has 2 aromatic carbocycles. The SMILES string of the molecule is Cc1ccc(CC(=O)NCCOc2ccc3c(c2)OCO3)cc1. The molecule has 1 amide bonds. The van der Waals surface area contributed by atoms with Crippen LogP contribution in [-0.2, 0) is 11.2 Å². The van der Waals surface area contributed by atoms with E-state index in [0.717, 1.165) is 11.3 Å². The summed E-state index contributed by atoms with van der Waals surface area (Å²) in [7, 11) is 0. The maximum atomic E-state index is 11.9. The van der Waals surface area contributed by atoms with E-state index in [2.05, 4.69) is 5.32 Å². The number of ether oxygens (including phenoxy) is 3. The van der Waals surface area contributed by atoms with E-state index in [0.29, 0.717) is 31.1 Å². The highest BCUT2D eigenvalue weighted by Gasteiger charge is 2.13. The van der Waals surface area contributed by atoms with Gasteiger partial charge in [-0.05, 0) is 24.6 Å². The molecule has 0 bridgehead atoms. The monoisotopic (exact) mass is 313 g/mol. The maximum Gasteiger partial charge on any atom is 0.231 e. The maximum absolute atomic E-state index is 11.9. The van der Waals surface area contributed by atoms with Crippen molar-refractivity contribution in [3.63, 3.8) is 0 Å². The van der Waals surface area contributed by atoms with Crippen molar-refractivity contribution in [2.75, 3.05) is 19.9 Å². The molecule has 3 rings (SSSR count). The number of hydrogen-bond acceptors (Lipinski definition) is 4. The van der Waals surface area contributed by atoms with Crippen molar-refractivity contribution in [2.45, 2.75) is 13.3 Å². The van der Waals surface area contributed by atoms with E-state index in [4.69, 9.17) is 14.2 Å². The van der Waals surface area contributed by atoms with Crippen molar-refractivity contribution in [1.82, 2.24) is 5.32 Å². The summed E-state index contributed by atoms with van der Waals surface area (Å²) in [5.41, 5.74) is 2.19. The van der Waals surface area contributed by atoms with Gasteiger partial charge in [0.05, 0.1) is 13.0 Å². The van der Waals surface area contributed by atoms with E-state index in [1.807, 2.05) is 43.3 Å².